The summed E-state index contributed by atoms with van der Waals surface area (Å²) in [6.07, 6.45) is 8.28. The molecule has 1 saturated carbocycles. The smallest absolute Gasteiger partial charge is 0.0660 e. The molecule has 76 valence electrons. The van der Waals surface area contributed by atoms with E-state index < -0.39 is 0 Å². The van der Waals surface area contributed by atoms with Crippen LogP contribution in [0.1, 0.15) is 44.9 Å². The molecule has 0 amide bonds. The Balaban J connectivity index is 1.71. The van der Waals surface area contributed by atoms with Crippen LogP contribution in [-0.2, 0) is 0 Å². The summed E-state index contributed by atoms with van der Waals surface area (Å²) in [6, 6.07) is 0. The fourth-order valence-electron chi connectivity index (χ4n) is 2.66. The predicted molar refractivity (Wildman–Crippen MR) is 53.7 cm³/mol. The molecule has 2 nitrogen and oxygen atoms in total. The van der Waals surface area contributed by atoms with Gasteiger partial charge in [0.1, 0.15) is 0 Å². The monoisotopic (exact) mass is 183 g/mol. The van der Waals surface area contributed by atoms with Gasteiger partial charge in [-0.25, -0.2) is 0 Å². The standard InChI is InChI=1S/C11H21NO/c13-11(5-1-2-6-11)7-10-12-8-3-4-9-12/h13H,1-10H2. The topological polar surface area (TPSA) is 23.5 Å². The minimum atomic E-state index is -0.289. The maximum atomic E-state index is 10.1. The molecule has 13 heavy (non-hydrogen) atoms. The summed E-state index contributed by atoms with van der Waals surface area (Å²) in [6.45, 7) is 3.64. The molecule has 1 N–H and O–H groups in total. The molecule has 0 aromatic rings. The van der Waals surface area contributed by atoms with Crippen molar-refractivity contribution in [3.05, 3.63) is 0 Å². The number of nitrogens with zero attached hydrogens (tertiary/aromatic N) is 1. The van der Waals surface area contributed by atoms with E-state index in [1.807, 2.05) is 0 Å². The molecule has 0 spiro atoms. The zero-order valence-electron chi connectivity index (χ0n) is 8.47. The highest BCUT2D eigenvalue weighted by molar-refractivity contribution is 4.85. The second kappa shape index (κ2) is 3.97. The van der Waals surface area contributed by atoms with Crippen molar-refractivity contribution in [3.8, 4) is 0 Å². The molecular weight excluding hydrogens is 162 g/mol. The molecule has 0 unspecified atom stereocenters. The van der Waals surface area contributed by atoms with Crippen LogP contribution in [0, 0.1) is 0 Å². The van der Waals surface area contributed by atoms with E-state index in [0.29, 0.717) is 0 Å². The third kappa shape index (κ3) is 2.44. The van der Waals surface area contributed by atoms with Crippen LogP contribution in [-0.4, -0.2) is 35.2 Å². The van der Waals surface area contributed by atoms with Crippen molar-refractivity contribution in [2.75, 3.05) is 19.6 Å². The zero-order valence-corrected chi connectivity index (χ0v) is 8.47. The van der Waals surface area contributed by atoms with Gasteiger partial charge in [-0.3, -0.25) is 0 Å². The number of hydrogen-bond acceptors (Lipinski definition) is 2. The van der Waals surface area contributed by atoms with Gasteiger partial charge < -0.3 is 10.0 Å². The van der Waals surface area contributed by atoms with Crippen molar-refractivity contribution in [2.24, 2.45) is 0 Å². The van der Waals surface area contributed by atoms with Crippen molar-refractivity contribution in [2.45, 2.75) is 50.5 Å². The van der Waals surface area contributed by atoms with Crippen LogP contribution in [0.2, 0.25) is 0 Å². The first-order valence-corrected chi connectivity index (χ1v) is 5.73. The van der Waals surface area contributed by atoms with Crippen LogP contribution >= 0.6 is 0 Å². The third-order valence-corrected chi connectivity index (χ3v) is 3.63. The highest BCUT2D eigenvalue weighted by atomic mass is 16.3. The quantitative estimate of drug-likeness (QED) is 0.721. The van der Waals surface area contributed by atoms with Crippen molar-refractivity contribution < 1.29 is 5.11 Å². The predicted octanol–water partition coefficient (Wildman–Crippen LogP) is 1.78. The Morgan fingerprint density at radius 1 is 1.00 bits per heavy atom. The maximum Gasteiger partial charge on any atom is 0.0660 e. The average molecular weight is 183 g/mol. The summed E-state index contributed by atoms with van der Waals surface area (Å²) in [5, 5.41) is 10.1. The van der Waals surface area contributed by atoms with Gasteiger partial charge in [-0.2, -0.15) is 0 Å². The molecule has 1 aliphatic heterocycles. The van der Waals surface area contributed by atoms with Gasteiger partial charge in [0, 0.05) is 6.54 Å². The highest BCUT2D eigenvalue weighted by Crippen LogP contribution is 2.32. The molecule has 1 aliphatic carbocycles. The number of likely N-dealkylation sites (tertiary alicyclic amines) is 1. The third-order valence-electron chi connectivity index (χ3n) is 3.63. The summed E-state index contributed by atoms with van der Waals surface area (Å²) in [7, 11) is 0. The zero-order chi connectivity index (χ0) is 9.15. The Bertz CT molecular complexity index is 157. The Morgan fingerprint density at radius 2 is 1.62 bits per heavy atom. The van der Waals surface area contributed by atoms with E-state index in [4.69, 9.17) is 0 Å². The molecule has 0 radical (unpaired) electrons. The fraction of sp³-hybridized carbons (Fsp3) is 1.00. The van der Waals surface area contributed by atoms with E-state index >= 15 is 0 Å². The Hall–Kier alpha value is -0.0800. The van der Waals surface area contributed by atoms with Gasteiger partial charge in [0.25, 0.3) is 0 Å². The summed E-state index contributed by atoms with van der Waals surface area (Å²) in [4.78, 5) is 2.50. The minimum Gasteiger partial charge on any atom is -0.390 e. The number of rotatable bonds is 3. The maximum absolute atomic E-state index is 10.1. The van der Waals surface area contributed by atoms with Gasteiger partial charge in [0.05, 0.1) is 5.60 Å². The van der Waals surface area contributed by atoms with Crippen LogP contribution in [0.15, 0.2) is 0 Å². The first kappa shape index (κ1) is 9.47. The summed E-state index contributed by atoms with van der Waals surface area (Å²) in [5.74, 6) is 0. The molecule has 2 heteroatoms. The van der Waals surface area contributed by atoms with Crippen LogP contribution in [0.4, 0.5) is 0 Å². The number of aliphatic hydroxyl groups is 1. The van der Waals surface area contributed by atoms with Gasteiger partial charge in [-0.05, 0) is 45.2 Å². The lowest BCUT2D eigenvalue weighted by Crippen LogP contribution is -2.31. The van der Waals surface area contributed by atoms with Crippen LogP contribution < -0.4 is 0 Å². The average Bonchev–Trinajstić information content (AvgIpc) is 2.72. The number of hydrogen-bond donors (Lipinski definition) is 1. The molecule has 0 aromatic heterocycles. The van der Waals surface area contributed by atoms with Crippen LogP contribution in [0.25, 0.3) is 0 Å². The molecule has 2 fully saturated rings. The first-order chi connectivity index (χ1) is 6.29. The normalized spacial score (nSPS) is 28.4. The van der Waals surface area contributed by atoms with E-state index in [2.05, 4.69) is 4.90 Å². The fourth-order valence-corrected chi connectivity index (χ4v) is 2.66. The lowest BCUT2D eigenvalue weighted by molar-refractivity contribution is 0.0302. The second-order valence-corrected chi connectivity index (χ2v) is 4.73. The van der Waals surface area contributed by atoms with Crippen molar-refractivity contribution in [1.82, 2.24) is 4.90 Å². The van der Waals surface area contributed by atoms with Gasteiger partial charge in [0.2, 0.25) is 0 Å². The molecule has 0 atom stereocenters. The molecule has 1 saturated heterocycles. The van der Waals surface area contributed by atoms with Crippen LogP contribution in [0.5, 0.6) is 0 Å². The van der Waals surface area contributed by atoms with Gasteiger partial charge in [0.15, 0.2) is 0 Å². The summed E-state index contributed by atoms with van der Waals surface area (Å²) in [5.41, 5.74) is -0.289. The van der Waals surface area contributed by atoms with Crippen molar-refractivity contribution >= 4 is 0 Å². The molecular formula is C11H21NO. The highest BCUT2D eigenvalue weighted by Gasteiger charge is 2.31. The Labute approximate surface area is 80.9 Å². The minimum absolute atomic E-state index is 0.289. The van der Waals surface area contributed by atoms with Gasteiger partial charge >= 0.3 is 0 Å². The Kier molecular flexibility index (Phi) is 2.89. The lowest BCUT2D eigenvalue weighted by Gasteiger charge is -2.25. The van der Waals surface area contributed by atoms with E-state index in [-0.39, 0.29) is 5.60 Å². The van der Waals surface area contributed by atoms with E-state index in [9.17, 15) is 5.11 Å². The molecule has 0 aromatic carbocycles. The largest absolute Gasteiger partial charge is 0.390 e. The van der Waals surface area contributed by atoms with Gasteiger partial charge in [-0.1, -0.05) is 12.8 Å². The van der Waals surface area contributed by atoms with Crippen molar-refractivity contribution in [1.29, 1.82) is 0 Å². The van der Waals surface area contributed by atoms with E-state index in [1.165, 1.54) is 38.8 Å². The molecule has 1 heterocycles. The molecule has 0 bridgehead atoms. The molecule has 2 aliphatic rings. The first-order valence-electron chi connectivity index (χ1n) is 5.73. The Morgan fingerprint density at radius 3 is 2.23 bits per heavy atom. The lowest BCUT2D eigenvalue weighted by atomic mass is 9.98. The second-order valence-electron chi connectivity index (χ2n) is 4.73. The van der Waals surface area contributed by atoms with Crippen LogP contribution in [0.3, 0.4) is 0 Å². The summed E-state index contributed by atoms with van der Waals surface area (Å²) >= 11 is 0. The molecule has 2 rings (SSSR count). The van der Waals surface area contributed by atoms with Crippen molar-refractivity contribution in [3.63, 3.8) is 0 Å². The van der Waals surface area contributed by atoms with E-state index in [0.717, 1.165) is 25.8 Å². The summed E-state index contributed by atoms with van der Waals surface area (Å²) < 4.78 is 0. The van der Waals surface area contributed by atoms with Gasteiger partial charge in [-0.15, -0.1) is 0 Å². The van der Waals surface area contributed by atoms with E-state index in [1.54, 1.807) is 0 Å². The SMILES string of the molecule is OC1(CCN2CCCC2)CCCC1.